The lowest BCUT2D eigenvalue weighted by molar-refractivity contribution is 0.262. The van der Waals surface area contributed by atoms with Crippen LogP contribution in [0.3, 0.4) is 0 Å². The fourth-order valence-electron chi connectivity index (χ4n) is 3.16. The van der Waals surface area contributed by atoms with Gasteiger partial charge in [-0.05, 0) is 42.0 Å². The third-order valence-corrected chi connectivity index (χ3v) is 4.64. The number of aromatic nitrogens is 2. The van der Waals surface area contributed by atoms with E-state index in [-0.39, 0.29) is 6.54 Å². The molecule has 2 amide bonds. The zero-order chi connectivity index (χ0) is 20.9. The number of nitrogens with zero attached hydrogens (tertiary/aromatic N) is 2. The van der Waals surface area contributed by atoms with Gasteiger partial charge in [0.05, 0.1) is 19.2 Å². The lowest BCUT2D eigenvalue weighted by Crippen LogP contribution is -2.30. The smallest absolute Gasteiger partial charge is 0.350 e. The van der Waals surface area contributed by atoms with Crippen molar-refractivity contribution in [1.29, 1.82) is 0 Å². The quantitative estimate of drug-likeness (QED) is 0.528. The Kier molecular flexibility index (Phi) is 5.43. The molecule has 0 atom stereocenters. The van der Waals surface area contributed by atoms with Crippen LogP contribution in [0.5, 0.6) is 5.75 Å². The third-order valence-electron chi connectivity index (χ3n) is 4.64. The lowest BCUT2D eigenvalue weighted by atomic mass is 10.2. The Hall–Kier alpha value is -4.13. The molecule has 0 unspecified atom stereocenters. The van der Waals surface area contributed by atoms with Crippen molar-refractivity contribution < 1.29 is 9.53 Å². The van der Waals surface area contributed by atoms with Crippen molar-refractivity contribution in [1.82, 2.24) is 9.55 Å². The monoisotopic (exact) mass is 400 g/mol. The number of hydrogen-bond donors (Lipinski definition) is 2. The van der Waals surface area contributed by atoms with Crippen LogP contribution in [-0.2, 0) is 6.54 Å². The Bertz CT molecular complexity index is 1240. The Balaban J connectivity index is 1.72. The fraction of sp³-hybridized carbons (Fsp3) is 0.0870. The molecule has 0 aliphatic heterocycles. The van der Waals surface area contributed by atoms with Crippen LogP contribution in [0.4, 0.5) is 16.3 Å². The number of fused-ring (bicyclic) bond motifs is 1. The number of rotatable bonds is 5. The number of ether oxygens (including phenoxy) is 1. The van der Waals surface area contributed by atoms with Gasteiger partial charge in [-0.1, -0.05) is 42.5 Å². The molecule has 7 nitrogen and oxygen atoms in total. The van der Waals surface area contributed by atoms with Crippen LogP contribution in [0, 0.1) is 0 Å². The van der Waals surface area contributed by atoms with Crippen LogP contribution in [0.2, 0.25) is 0 Å². The molecule has 7 heteroatoms. The summed E-state index contributed by atoms with van der Waals surface area (Å²) in [5.74, 6) is 1.11. The van der Waals surface area contributed by atoms with Gasteiger partial charge in [-0.15, -0.1) is 0 Å². The van der Waals surface area contributed by atoms with Gasteiger partial charge in [-0.2, -0.15) is 4.98 Å². The molecule has 1 aromatic heterocycles. The number of carbonyl (C=O) groups excluding carboxylic acids is 1. The van der Waals surface area contributed by atoms with Gasteiger partial charge in [0.25, 0.3) is 0 Å². The summed E-state index contributed by atoms with van der Waals surface area (Å²) in [4.78, 5) is 29.6. The minimum absolute atomic E-state index is 0.252. The van der Waals surface area contributed by atoms with Gasteiger partial charge >= 0.3 is 11.7 Å². The number of amides is 2. The number of para-hydroxylation sites is 2. The second kappa shape index (κ2) is 8.48. The molecule has 2 N–H and O–H groups in total. The molecule has 0 saturated heterocycles. The molecule has 4 rings (SSSR count). The van der Waals surface area contributed by atoms with Gasteiger partial charge in [0.15, 0.2) is 0 Å². The molecule has 0 aliphatic rings. The van der Waals surface area contributed by atoms with Crippen molar-refractivity contribution in [3.63, 3.8) is 0 Å². The van der Waals surface area contributed by atoms with E-state index >= 15 is 0 Å². The van der Waals surface area contributed by atoms with Crippen LogP contribution in [-0.4, -0.2) is 22.7 Å². The zero-order valence-corrected chi connectivity index (χ0v) is 16.3. The maximum absolute atomic E-state index is 12.8. The third kappa shape index (κ3) is 4.15. The zero-order valence-electron chi connectivity index (χ0n) is 16.3. The number of hydrogen-bond acceptors (Lipinski definition) is 4. The van der Waals surface area contributed by atoms with Crippen molar-refractivity contribution in [3.05, 3.63) is 94.9 Å². The van der Waals surface area contributed by atoms with Crippen LogP contribution < -0.4 is 21.1 Å². The Morgan fingerprint density at radius 3 is 2.37 bits per heavy atom. The summed E-state index contributed by atoms with van der Waals surface area (Å²) in [6, 6.07) is 23.3. The van der Waals surface area contributed by atoms with E-state index in [2.05, 4.69) is 15.6 Å². The maximum atomic E-state index is 12.8. The second-order valence-corrected chi connectivity index (χ2v) is 6.64. The number of anilines is 2. The van der Waals surface area contributed by atoms with E-state index in [9.17, 15) is 9.59 Å². The van der Waals surface area contributed by atoms with Gasteiger partial charge in [0, 0.05) is 11.1 Å². The summed E-state index contributed by atoms with van der Waals surface area (Å²) in [5, 5.41) is 6.29. The van der Waals surface area contributed by atoms with E-state index in [1.165, 1.54) is 4.57 Å². The number of urea groups is 1. The van der Waals surface area contributed by atoms with E-state index < -0.39 is 11.7 Å². The van der Waals surface area contributed by atoms with E-state index in [1.807, 2.05) is 54.6 Å². The van der Waals surface area contributed by atoms with Gasteiger partial charge in [0.1, 0.15) is 11.6 Å². The summed E-state index contributed by atoms with van der Waals surface area (Å²) >= 11 is 0. The number of carbonyl (C=O) groups is 1. The molecule has 1 heterocycles. The average Bonchev–Trinajstić information content (AvgIpc) is 2.77. The van der Waals surface area contributed by atoms with Crippen LogP contribution >= 0.6 is 0 Å². The van der Waals surface area contributed by atoms with Gasteiger partial charge in [0.2, 0.25) is 0 Å². The summed E-state index contributed by atoms with van der Waals surface area (Å²) in [7, 11) is 1.60. The van der Waals surface area contributed by atoms with Crippen molar-refractivity contribution in [2.75, 3.05) is 17.7 Å². The summed E-state index contributed by atoms with van der Waals surface area (Å²) in [6.07, 6.45) is 0. The molecule has 3 aromatic carbocycles. The van der Waals surface area contributed by atoms with Crippen molar-refractivity contribution in [2.24, 2.45) is 0 Å². The number of nitrogens with one attached hydrogen (secondary N) is 2. The highest BCUT2D eigenvalue weighted by molar-refractivity contribution is 6.04. The molecule has 150 valence electrons. The maximum Gasteiger partial charge on any atom is 0.350 e. The summed E-state index contributed by atoms with van der Waals surface area (Å²) < 4.78 is 6.64. The topological polar surface area (TPSA) is 85.2 Å². The minimum Gasteiger partial charge on any atom is -0.497 e. The van der Waals surface area contributed by atoms with E-state index in [1.54, 1.807) is 31.4 Å². The molecule has 30 heavy (non-hydrogen) atoms. The minimum atomic E-state index is -0.445. The second-order valence-electron chi connectivity index (χ2n) is 6.64. The SMILES string of the molecule is COc1ccc(Cn2c(NC(=O)Nc3ccccc3)c3ccccc3nc2=O)cc1. The molecule has 0 saturated carbocycles. The molecule has 0 fully saturated rings. The van der Waals surface area contributed by atoms with E-state index in [4.69, 9.17) is 4.74 Å². The molecule has 0 spiro atoms. The van der Waals surface area contributed by atoms with Crippen molar-refractivity contribution >= 4 is 28.4 Å². The molecule has 0 radical (unpaired) electrons. The van der Waals surface area contributed by atoms with Gasteiger partial charge in [-0.3, -0.25) is 9.88 Å². The first kappa shape index (κ1) is 19.2. The van der Waals surface area contributed by atoms with E-state index in [0.29, 0.717) is 22.4 Å². The van der Waals surface area contributed by atoms with Gasteiger partial charge < -0.3 is 10.1 Å². The largest absolute Gasteiger partial charge is 0.497 e. The Labute approximate surface area is 173 Å². The normalized spacial score (nSPS) is 10.6. The lowest BCUT2D eigenvalue weighted by Gasteiger charge is -2.16. The van der Waals surface area contributed by atoms with E-state index in [0.717, 1.165) is 11.3 Å². The molecule has 0 bridgehead atoms. The molecule has 4 aromatic rings. The highest BCUT2D eigenvalue weighted by atomic mass is 16.5. The predicted molar refractivity (Wildman–Crippen MR) is 117 cm³/mol. The number of methoxy groups -OCH3 is 1. The highest BCUT2D eigenvalue weighted by Gasteiger charge is 2.14. The molecule has 0 aliphatic carbocycles. The van der Waals surface area contributed by atoms with Gasteiger partial charge in [-0.25, -0.2) is 9.59 Å². The van der Waals surface area contributed by atoms with Crippen molar-refractivity contribution in [2.45, 2.75) is 6.54 Å². The first-order chi connectivity index (χ1) is 14.6. The van der Waals surface area contributed by atoms with Crippen molar-refractivity contribution in [3.8, 4) is 5.75 Å². The Morgan fingerprint density at radius 2 is 1.63 bits per heavy atom. The van der Waals surface area contributed by atoms with Crippen LogP contribution in [0.15, 0.2) is 83.7 Å². The summed E-state index contributed by atoms with van der Waals surface area (Å²) in [6.45, 7) is 0.252. The van der Waals surface area contributed by atoms with Crippen LogP contribution in [0.1, 0.15) is 5.56 Å². The summed E-state index contributed by atoms with van der Waals surface area (Å²) in [5.41, 5.74) is 1.60. The first-order valence-electron chi connectivity index (χ1n) is 9.39. The standard InChI is InChI=1S/C23H20N4O3/c1-30-18-13-11-16(12-14-18)15-27-21(19-9-5-6-10-20(19)25-23(27)29)26-22(28)24-17-7-3-2-4-8-17/h2-14H,15H2,1H3,(H2,24,26,28). The van der Waals surface area contributed by atoms with Crippen LogP contribution in [0.25, 0.3) is 10.9 Å². The average molecular weight is 400 g/mol. The highest BCUT2D eigenvalue weighted by Crippen LogP contribution is 2.22. The Morgan fingerprint density at radius 1 is 0.933 bits per heavy atom. The fourth-order valence-corrected chi connectivity index (χ4v) is 3.16. The predicted octanol–water partition coefficient (Wildman–Crippen LogP) is 4.10. The molecular formula is C23H20N4O3. The number of benzene rings is 3. The molecular weight excluding hydrogens is 380 g/mol. The first-order valence-corrected chi connectivity index (χ1v) is 9.39.